The highest BCUT2D eigenvalue weighted by Crippen LogP contribution is 2.21. The number of rotatable bonds is 6. The lowest BCUT2D eigenvalue weighted by atomic mass is 9.98. The summed E-state index contributed by atoms with van der Waals surface area (Å²) in [5.74, 6) is -1.03. The maximum absolute atomic E-state index is 12.2. The molecule has 0 radical (unpaired) electrons. The molecule has 0 aromatic heterocycles. The summed E-state index contributed by atoms with van der Waals surface area (Å²) < 4.78 is 24.3. The lowest BCUT2D eigenvalue weighted by Gasteiger charge is -2.17. The van der Waals surface area contributed by atoms with Crippen LogP contribution in [0.3, 0.4) is 0 Å². The molecular formula is C14H18F2N2O3. The Morgan fingerprint density at radius 1 is 1.29 bits per heavy atom. The van der Waals surface area contributed by atoms with E-state index in [4.69, 9.17) is 5.11 Å². The molecule has 1 aromatic rings. The zero-order valence-corrected chi connectivity index (χ0v) is 11.8. The first-order valence-electron chi connectivity index (χ1n) is 6.41. The van der Waals surface area contributed by atoms with Crippen LogP contribution in [0.5, 0.6) is 0 Å². The number of halogens is 2. The van der Waals surface area contributed by atoms with Crippen molar-refractivity contribution >= 4 is 17.7 Å². The number of nitrogens with one attached hydrogen (secondary N) is 1. The number of amides is 2. The van der Waals surface area contributed by atoms with Gasteiger partial charge in [0.25, 0.3) is 6.43 Å². The van der Waals surface area contributed by atoms with Crippen LogP contribution in [-0.2, 0) is 4.79 Å². The third-order valence-corrected chi connectivity index (χ3v) is 2.97. The lowest BCUT2D eigenvalue weighted by Crippen LogP contribution is -2.34. The van der Waals surface area contributed by atoms with Crippen molar-refractivity contribution in [1.29, 1.82) is 0 Å². The Morgan fingerprint density at radius 3 is 2.33 bits per heavy atom. The molecule has 1 unspecified atom stereocenters. The molecule has 7 heteroatoms. The van der Waals surface area contributed by atoms with Gasteiger partial charge in [-0.2, -0.15) is 0 Å². The van der Waals surface area contributed by atoms with Crippen LogP contribution < -0.4 is 5.32 Å². The number of anilines is 1. The summed E-state index contributed by atoms with van der Waals surface area (Å²) in [7, 11) is 1.28. The number of nitrogens with zero attached hydrogens (tertiary/aromatic N) is 1. The summed E-state index contributed by atoms with van der Waals surface area (Å²) >= 11 is 0. The molecule has 1 aromatic carbocycles. The first-order chi connectivity index (χ1) is 9.79. The number of carbonyl (C=O) groups excluding carboxylic acids is 1. The molecule has 0 spiro atoms. The Kier molecular flexibility index (Phi) is 6.08. The zero-order chi connectivity index (χ0) is 16.0. The van der Waals surface area contributed by atoms with Crippen LogP contribution in [0.2, 0.25) is 0 Å². The predicted octanol–water partition coefficient (Wildman–Crippen LogP) is 2.99. The fourth-order valence-electron chi connectivity index (χ4n) is 1.78. The van der Waals surface area contributed by atoms with Crippen molar-refractivity contribution in [2.75, 3.05) is 18.9 Å². The van der Waals surface area contributed by atoms with Crippen LogP contribution >= 0.6 is 0 Å². The van der Waals surface area contributed by atoms with Crippen molar-refractivity contribution in [1.82, 2.24) is 4.90 Å². The van der Waals surface area contributed by atoms with E-state index in [1.165, 1.54) is 7.05 Å². The fourth-order valence-corrected chi connectivity index (χ4v) is 1.78. The monoisotopic (exact) mass is 300 g/mol. The second kappa shape index (κ2) is 7.56. The average molecular weight is 300 g/mol. The highest BCUT2D eigenvalue weighted by atomic mass is 19.3. The third kappa shape index (κ3) is 5.76. The number of benzene rings is 1. The molecule has 116 valence electrons. The number of carboxylic acids is 1. The van der Waals surface area contributed by atoms with Gasteiger partial charge in [0.1, 0.15) is 0 Å². The Labute approximate surface area is 121 Å². The highest BCUT2D eigenvalue weighted by Gasteiger charge is 2.14. The Morgan fingerprint density at radius 2 is 1.86 bits per heavy atom. The maximum Gasteiger partial charge on any atom is 0.321 e. The minimum atomic E-state index is -2.58. The van der Waals surface area contributed by atoms with Gasteiger partial charge in [0.05, 0.1) is 13.0 Å². The zero-order valence-electron chi connectivity index (χ0n) is 11.8. The number of hydrogen-bond acceptors (Lipinski definition) is 2. The average Bonchev–Trinajstić information content (AvgIpc) is 2.37. The normalized spacial score (nSPS) is 12.0. The Bertz CT molecular complexity index is 491. The van der Waals surface area contributed by atoms with E-state index in [0.717, 1.165) is 10.5 Å². The van der Waals surface area contributed by atoms with E-state index >= 15 is 0 Å². The van der Waals surface area contributed by atoms with Crippen LogP contribution in [0.4, 0.5) is 19.3 Å². The molecule has 1 rings (SSSR count). The van der Waals surface area contributed by atoms with Gasteiger partial charge >= 0.3 is 12.0 Å². The molecule has 2 N–H and O–H groups in total. The van der Waals surface area contributed by atoms with Gasteiger partial charge in [-0.25, -0.2) is 13.6 Å². The summed E-state index contributed by atoms with van der Waals surface area (Å²) in [5, 5.41) is 11.2. The lowest BCUT2D eigenvalue weighted by molar-refractivity contribution is -0.137. The van der Waals surface area contributed by atoms with Gasteiger partial charge in [0.2, 0.25) is 0 Å². The van der Waals surface area contributed by atoms with E-state index in [1.807, 2.05) is 0 Å². The van der Waals surface area contributed by atoms with Gasteiger partial charge in [0.15, 0.2) is 0 Å². The van der Waals surface area contributed by atoms with E-state index in [2.05, 4.69) is 5.32 Å². The summed E-state index contributed by atoms with van der Waals surface area (Å²) in [6.45, 7) is 1.15. The van der Waals surface area contributed by atoms with Gasteiger partial charge < -0.3 is 15.3 Å². The number of hydrogen-bond donors (Lipinski definition) is 2. The topological polar surface area (TPSA) is 69.6 Å². The van der Waals surface area contributed by atoms with Crippen molar-refractivity contribution in [3.63, 3.8) is 0 Å². The SMILES string of the molecule is CC(CC(=O)O)c1ccc(NC(=O)N(C)CC(F)F)cc1. The maximum atomic E-state index is 12.2. The molecule has 1 atom stereocenters. The molecule has 0 saturated carbocycles. The Hall–Kier alpha value is -2.18. The van der Waals surface area contributed by atoms with E-state index in [0.29, 0.717) is 5.69 Å². The second-order valence-corrected chi connectivity index (χ2v) is 4.82. The van der Waals surface area contributed by atoms with E-state index in [-0.39, 0.29) is 12.3 Å². The predicted molar refractivity (Wildman–Crippen MR) is 74.8 cm³/mol. The second-order valence-electron chi connectivity index (χ2n) is 4.82. The van der Waals surface area contributed by atoms with E-state index in [1.54, 1.807) is 31.2 Å². The largest absolute Gasteiger partial charge is 0.481 e. The molecule has 5 nitrogen and oxygen atoms in total. The van der Waals surface area contributed by atoms with Crippen molar-refractivity contribution in [3.8, 4) is 0 Å². The molecule has 0 bridgehead atoms. The number of carbonyl (C=O) groups is 2. The summed E-state index contributed by atoms with van der Waals surface area (Å²) in [6, 6.07) is 6.01. The van der Waals surface area contributed by atoms with E-state index < -0.39 is 25.0 Å². The van der Waals surface area contributed by atoms with Gasteiger partial charge in [0, 0.05) is 12.7 Å². The number of urea groups is 1. The number of alkyl halides is 2. The minimum Gasteiger partial charge on any atom is -0.481 e. The number of aliphatic carboxylic acids is 1. The number of carboxylic acid groups (broad SMARTS) is 1. The highest BCUT2D eigenvalue weighted by molar-refractivity contribution is 5.89. The molecule has 0 aliphatic heterocycles. The molecule has 0 fully saturated rings. The summed E-state index contributed by atoms with van der Waals surface area (Å²) in [5.41, 5.74) is 1.30. The van der Waals surface area contributed by atoms with Crippen molar-refractivity contribution in [2.45, 2.75) is 25.7 Å². The van der Waals surface area contributed by atoms with Gasteiger partial charge in [-0.15, -0.1) is 0 Å². The first-order valence-corrected chi connectivity index (χ1v) is 6.41. The van der Waals surface area contributed by atoms with Crippen molar-refractivity contribution in [3.05, 3.63) is 29.8 Å². The minimum absolute atomic E-state index is 0.0167. The van der Waals surface area contributed by atoms with Crippen LogP contribution in [0.1, 0.15) is 24.8 Å². The van der Waals surface area contributed by atoms with Crippen molar-refractivity contribution < 1.29 is 23.5 Å². The molecule has 21 heavy (non-hydrogen) atoms. The molecular weight excluding hydrogens is 282 g/mol. The van der Waals surface area contributed by atoms with Gasteiger partial charge in [-0.3, -0.25) is 4.79 Å². The first kappa shape index (κ1) is 16.9. The van der Waals surface area contributed by atoms with Crippen LogP contribution in [-0.4, -0.2) is 42.0 Å². The molecule has 2 amide bonds. The smallest absolute Gasteiger partial charge is 0.321 e. The fraction of sp³-hybridized carbons (Fsp3) is 0.429. The van der Waals surface area contributed by atoms with Crippen LogP contribution in [0.25, 0.3) is 0 Å². The summed E-state index contributed by atoms with van der Waals surface area (Å²) in [6.07, 6.45) is -2.57. The quantitative estimate of drug-likeness (QED) is 0.848. The summed E-state index contributed by atoms with van der Waals surface area (Å²) in [4.78, 5) is 23.1. The van der Waals surface area contributed by atoms with Gasteiger partial charge in [-0.05, 0) is 23.6 Å². The van der Waals surface area contributed by atoms with Crippen LogP contribution in [0, 0.1) is 0 Å². The molecule has 0 saturated heterocycles. The Balaban J connectivity index is 2.62. The van der Waals surface area contributed by atoms with Gasteiger partial charge in [-0.1, -0.05) is 19.1 Å². The van der Waals surface area contributed by atoms with Crippen molar-refractivity contribution in [2.24, 2.45) is 0 Å². The molecule has 0 heterocycles. The standard InChI is InChI=1S/C14H18F2N2O3/c1-9(7-13(19)20)10-3-5-11(6-4-10)17-14(21)18(2)8-12(15)16/h3-6,9,12H,7-8H2,1-2H3,(H,17,21)(H,19,20). The molecule has 0 aliphatic carbocycles. The van der Waals surface area contributed by atoms with E-state index in [9.17, 15) is 18.4 Å². The third-order valence-electron chi connectivity index (χ3n) is 2.97. The molecule has 0 aliphatic rings. The van der Waals surface area contributed by atoms with Crippen LogP contribution in [0.15, 0.2) is 24.3 Å².